The third kappa shape index (κ3) is 2.19. The van der Waals surface area contributed by atoms with Crippen LogP contribution < -0.4 is 0 Å². The molecule has 0 atom stereocenters. The molecule has 0 N–H and O–H groups in total. The summed E-state index contributed by atoms with van der Waals surface area (Å²) in [7, 11) is 0. The van der Waals surface area contributed by atoms with Gasteiger partial charge in [0.25, 0.3) is 0 Å². The Morgan fingerprint density at radius 3 is 2.73 bits per heavy atom. The molecule has 2 aromatic rings. The molecule has 0 spiro atoms. The Morgan fingerprint density at radius 1 is 1.33 bits per heavy atom. The van der Waals surface area contributed by atoms with E-state index in [1.54, 1.807) is 11.3 Å². The third-order valence-corrected chi connectivity index (χ3v) is 3.26. The lowest BCUT2D eigenvalue weighted by molar-refractivity contribution is 1.00. The van der Waals surface area contributed by atoms with Gasteiger partial charge < -0.3 is 0 Å². The highest BCUT2D eigenvalue weighted by Gasteiger charge is 2.08. The van der Waals surface area contributed by atoms with Gasteiger partial charge in [-0.25, -0.2) is 9.97 Å². The fourth-order valence-corrected chi connectivity index (χ4v) is 2.39. The summed E-state index contributed by atoms with van der Waals surface area (Å²) in [5, 5.41) is 4.66. The van der Waals surface area contributed by atoms with E-state index in [4.69, 9.17) is 11.6 Å². The molecule has 2 rings (SSSR count). The number of aryl methyl sites for hydroxylation is 2. The quantitative estimate of drug-likeness (QED) is 0.745. The van der Waals surface area contributed by atoms with Crippen LogP contribution in [0, 0.1) is 6.92 Å². The van der Waals surface area contributed by atoms with Crippen LogP contribution in [0.3, 0.4) is 0 Å². The van der Waals surface area contributed by atoms with E-state index in [0.29, 0.717) is 5.15 Å². The molecule has 15 heavy (non-hydrogen) atoms. The van der Waals surface area contributed by atoms with E-state index < -0.39 is 0 Å². The summed E-state index contributed by atoms with van der Waals surface area (Å²) in [6.07, 6.45) is 0.873. The molecule has 0 fully saturated rings. The maximum absolute atomic E-state index is 5.95. The first-order valence-corrected chi connectivity index (χ1v) is 6.09. The minimum atomic E-state index is 0.516. The van der Waals surface area contributed by atoms with E-state index in [0.717, 1.165) is 23.5 Å². The molecule has 0 aliphatic rings. The van der Waals surface area contributed by atoms with Crippen LogP contribution in [-0.2, 0) is 6.42 Å². The summed E-state index contributed by atoms with van der Waals surface area (Å²) in [5.41, 5.74) is 3.26. The van der Waals surface area contributed by atoms with Gasteiger partial charge in [-0.05, 0) is 30.4 Å². The SMILES string of the molecule is CCc1cc(Cl)nc(-c2cscc2C)n1. The van der Waals surface area contributed by atoms with Crippen LogP contribution >= 0.6 is 22.9 Å². The van der Waals surface area contributed by atoms with Crippen LogP contribution in [0.15, 0.2) is 16.8 Å². The zero-order chi connectivity index (χ0) is 10.8. The Morgan fingerprint density at radius 2 is 2.13 bits per heavy atom. The van der Waals surface area contributed by atoms with Crippen molar-refractivity contribution in [3.05, 3.63) is 33.2 Å². The van der Waals surface area contributed by atoms with Gasteiger partial charge in [0.1, 0.15) is 5.15 Å². The van der Waals surface area contributed by atoms with Crippen molar-refractivity contribution in [3.8, 4) is 11.4 Å². The molecule has 0 aromatic carbocycles. The van der Waals surface area contributed by atoms with Gasteiger partial charge in [-0.1, -0.05) is 18.5 Å². The van der Waals surface area contributed by atoms with E-state index in [1.807, 2.05) is 6.07 Å². The van der Waals surface area contributed by atoms with Crippen LogP contribution in [0.2, 0.25) is 5.15 Å². The zero-order valence-electron chi connectivity index (χ0n) is 8.62. The van der Waals surface area contributed by atoms with Crippen LogP contribution in [0.1, 0.15) is 18.2 Å². The van der Waals surface area contributed by atoms with E-state index in [-0.39, 0.29) is 0 Å². The molecule has 78 valence electrons. The van der Waals surface area contributed by atoms with Crippen molar-refractivity contribution >= 4 is 22.9 Å². The highest BCUT2D eigenvalue weighted by Crippen LogP contribution is 2.25. The van der Waals surface area contributed by atoms with Gasteiger partial charge in [0, 0.05) is 16.6 Å². The van der Waals surface area contributed by atoms with Crippen LogP contribution in [0.4, 0.5) is 0 Å². The normalized spacial score (nSPS) is 10.6. The Balaban J connectivity index is 2.53. The first kappa shape index (κ1) is 10.6. The van der Waals surface area contributed by atoms with Gasteiger partial charge in [-0.3, -0.25) is 0 Å². The molecule has 0 amide bonds. The molecule has 0 unspecified atom stereocenters. The second-order valence-electron chi connectivity index (χ2n) is 3.33. The zero-order valence-corrected chi connectivity index (χ0v) is 10.2. The molecular weight excluding hydrogens is 228 g/mol. The minimum absolute atomic E-state index is 0.516. The molecule has 4 heteroatoms. The fraction of sp³-hybridized carbons (Fsp3) is 0.273. The lowest BCUT2D eigenvalue weighted by Gasteiger charge is -2.02. The summed E-state index contributed by atoms with van der Waals surface area (Å²) in [6, 6.07) is 1.81. The van der Waals surface area contributed by atoms with Gasteiger partial charge in [0.2, 0.25) is 0 Å². The molecular formula is C11H11ClN2S. The Kier molecular flexibility index (Phi) is 3.03. The number of hydrogen-bond acceptors (Lipinski definition) is 3. The van der Waals surface area contributed by atoms with Gasteiger partial charge in [0.05, 0.1) is 0 Å². The second kappa shape index (κ2) is 4.29. The van der Waals surface area contributed by atoms with Crippen LogP contribution in [-0.4, -0.2) is 9.97 Å². The summed E-state index contributed by atoms with van der Waals surface area (Å²) in [4.78, 5) is 8.71. The molecule has 2 heterocycles. The summed E-state index contributed by atoms with van der Waals surface area (Å²) >= 11 is 7.61. The van der Waals surface area contributed by atoms with Crippen molar-refractivity contribution < 1.29 is 0 Å². The number of aromatic nitrogens is 2. The van der Waals surface area contributed by atoms with E-state index in [2.05, 4.69) is 34.6 Å². The summed E-state index contributed by atoms with van der Waals surface area (Å²) in [6.45, 7) is 4.12. The number of hydrogen-bond donors (Lipinski definition) is 0. The molecule has 0 aliphatic heterocycles. The van der Waals surface area contributed by atoms with Gasteiger partial charge in [0.15, 0.2) is 5.82 Å². The van der Waals surface area contributed by atoms with Crippen molar-refractivity contribution in [1.82, 2.24) is 9.97 Å². The van der Waals surface area contributed by atoms with Crippen molar-refractivity contribution in [2.45, 2.75) is 20.3 Å². The van der Waals surface area contributed by atoms with E-state index in [9.17, 15) is 0 Å². The molecule has 0 saturated heterocycles. The predicted molar refractivity (Wildman–Crippen MR) is 64.5 cm³/mol. The smallest absolute Gasteiger partial charge is 0.162 e. The molecule has 0 radical (unpaired) electrons. The van der Waals surface area contributed by atoms with Crippen molar-refractivity contribution in [2.24, 2.45) is 0 Å². The highest BCUT2D eigenvalue weighted by molar-refractivity contribution is 7.08. The standard InChI is InChI=1S/C11H11ClN2S/c1-3-8-4-10(12)14-11(13-8)9-6-15-5-7(9)2/h4-6H,3H2,1-2H3. The maximum atomic E-state index is 5.95. The highest BCUT2D eigenvalue weighted by atomic mass is 35.5. The summed E-state index contributed by atoms with van der Waals surface area (Å²) in [5.74, 6) is 0.734. The first-order chi connectivity index (χ1) is 7.20. The largest absolute Gasteiger partial charge is 0.233 e. The number of halogens is 1. The van der Waals surface area contributed by atoms with E-state index in [1.165, 1.54) is 5.56 Å². The van der Waals surface area contributed by atoms with Crippen LogP contribution in [0.25, 0.3) is 11.4 Å². The van der Waals surface area contributed by atoms with Crippen molar-refractivity contribution in [2.75, 3.05) is 0 Å². The van der Waals surface area contributed by atoms with Gasteiger partial charge >= 0.3 is 0 Å². The maximum Gasteiger partial charge on any atom is 0.162 e. The Hall–Kier alpha value is -0.930. The lowest BCUT2D eigenvalue weighted by atomic mass is 10.2. The number of thiophene rings is 1. The van der Waals surface area contributed by atoms with Gasteiger partial charge in [-0.15, -0.1) is 0 Å². The fourth-order valence-electron chi connectivity index (χ4n) is 1.36. The topological polar surface area (TPSA) is 25.8 Å². The van der Waals surface area contributed by atoms with Crippen molar-refractivity contribution in [1.29, 1.82) is 0 Å². The second-order valence-corrected chi connectivity index (χ2v) is 4.46. The van der Waals surface area contributed by atoms with E-state index >= 15 is 0 Å². The predicted octanol–water partition coefficient (Wildman–Crippen LogP) is 3.73. The molecule has 0 aliphatic carbocycles. The number of nitrogens with zero attached hydrogens (tertiary/aromatic N) is 2. The molecule has 2 aromatic heterocycles. The summed E-state index contributed by atoms with van der Waals surface area (Å²) < 4.78 is 0. The van der Waals surface area contributed by atoms with Crippen molar-refractivity contribution in [3.63, 3.8) is 0 Å². The average Bonchev–Trinajstić information content (AvgIpc) is 2.63. The molecule has 0 bridgehead atoms. The average molecular weight is 239 g/mol. The monoisotopic (exact) mass is 238 g/mol. The lowest BCUT2D eigenvalue weighted by Crippen LogP contribution is -1.94. The minimum Gasteiger partial charge on any atom is -0.233 e. The van der Waals surface area contributed by atoms with Crippen LogP contribution in [0.5, 0.6) is 0 Å². The first-order valence-electron chi connectivity index (χ1n) is 4.77. The van der Waals surface area contributed by atoms with Gasteiger partial charge in [-0.2, -0.15) is 11.3 Å². The Labute approximate surface area is 98.0 Å². The Bertz CT molecular complexity index is 479. The molecule has 2 nitrogen and oxygen atoms in total. The third-order valence-electron chi connectivity index (χ3n) is 2.21. The molecule has 0 saturated carbocycles. The number of rotatable bonds is 2.